The first kappa shape index (κ1) is 22.8. The van der Waals surface area contributed by atoms with Crippen LogP contribution in [0.15, 0.2) is 24.3 Å². The third-order valence-electron chi connectivity index (χ3n) is 3.73. The van der Waals surface area contributed by atoms with Gasteiger partial charge in [0.15, 0.2) is 0 Å². The molecule has 0 radical (unpaired) electrons. The lowest BCUT2D eigenvalue weighted by molar-refractivity contribution is -0.142. The molecule has 0 aliphatic heterocycles. The molecule has 150 valence electrons. The van der Waals surface area contributed by atoms with Crippen molar-refractivity contribution in [1.82, 2.24) is 10.6 Å². The number of carboxylic acids is 1. The van der Waals surface area contributed by atoms with E-state index >= 15 is 0 Å². The van der Waals surface area contributed by atoms with Crippen LogP contribution < -0.4 is 16.0 Å². The molecule has 2 atom stereocenters. The fraction of sp³-hybridized carbons (Fsp3) is 0.526. The highest BCUT2D eigenvalue weighted by Gasteiger charge is 2.27. The van der Waals surface area contributed by atoms with E-state index in [9.17, 15) is 19.5 Å². The molecule has 7 nitrogen and oxygen atoms in total. The lowest BCUT2D eigenvalue weighted by Gasteiger charge is -2.23. The summed E-state index contributed by atoms with van der Waals surface area (Å²) in [7, 11) is 0. The van der Waals surface area contributed by atoms with Crippen LogP contribution in [0.2, 0.25) is 5.02 Å². The summed E-state index contributed by atoms with van der Waals surface area (Å²) < 4.78 is 0. The van der Waals surface area contributed by atoms with Gasteiger partial charge in [-0.3, -0.25) is 4.79 Å². The summed E-state index contributed by atoms with van der Waals surface area (Å²) in [6, 6.07) is 4.23. The Labute approximate surface area is 164 Å². The summed E-state index contributed by atoms with van der Waals surface area (Å²) in [5.41, 5.74) is 0.493. The minimum absolute atomic E-state index is 0.106. The van der Waals surface area contributed by atoms with Crippen molar-refractivity contribution in [2.75, 3.05) is 5.32 Å². The van der Waals surface area contributed by atoms with E-state index in [2.05, 4.69) is 16.0 Å². The molecule has 0 unspecified atom stereocenters. The Bertz CT molecular complexity index is 664. The van der Waals surface area contributed by atoms with Crippen molar-refractivity contribution < 1.29 is 19.5 Å². The Hall–Kier alpha value is -2.28. The summed E-state index contributed by atoms with van der Waals surface area (Å²) in [6.07, 6.45) is 0.687. The van der Waals surface area contributed by atoms with Crippen LogP contribution in [0.1, 0.15) is 40.5 Å². The summed E-state index contributed by atoms with van der Waals surface area (Å²) in [6.45, 7) is 7.59. The van der Waals surface area contributed by atoms with Crippen molar-refractivity contribution in [3.8, 4) is 0 Å². The van der Waals surface area contributed by atoms with Gasteiger partial charge in [-0.15, -0.1) is 0 Å². The first-order valence-corrected chi connectivity index (χ1v) is 9.32. The van der Waals surface area contributed by atoms with Gasteiger partial charge < -0.3 is 21.1 Å². The smallest absolute Gasteiger partial charge is 0.326 e. The highest BCUT2D eigenvalue weighted by atomic mass is 35.5. The molecule has 0 saturated heterocycles. The molecular formula is C19H28ClN3O4. The van der Waals surface area contributed by atoms with Gasteiger partial charge in [-0.25, -0.2) is 9.59 Å². The van der Waals surface area contributed by atoms with Crippen LogP contribution in [0.3, 0.4) is 0 Å². The fourth-order valence-electron chi connectivity index (χ4n) is 2.56. The van der Waals surface area contributed by atoms with Gasteiger partial charge in [0.25, 0.3) is 0 Å². The number of carbonyl (C=O) groups is 3. The van der Waals surface area contributed by atoms with E-state index in [1.54, 1.807) is 24.3 Å². The van der Waals surface area contributed by atoms with Crippen LogP contribution in [-0.4, -0.2) is 35.1 Å². The van der Waals surface area contributed by atoms with Gasteiger partial charge in [-0.1, -0.05) is 45.4 Å². The number of aliphatic carboxylic acids is 1. The van der Waals surface area contributed by atoms with Crippen LogP contribution in [0.5, 0.6) is 0 Å². The van der Waals surface area contributed by atoms with Crippen LogP contribution in [-0.2, 0) is 9.59 Å². The average Bonchev–Trinajstić information content (AvgIpc) is 2.52. The number of carboxylic acid groups (broad SMARTS) is 1. The third kappa shape index (κ3) is 8.77. The topological polar surface area (TPSA) is 108 Å². The van der Waals surface area contributed by atoms with E-state index in [-0.39, 0.29) is 11.8 Å². The molecule has 0 aliphatic carbocycles. The Kier molecular flexibility index (Phi) is 9.08. The molecule has 0 spiro atoms. The number of hydrogen-bond acceptors (Lipinski definition) is 3. The van der Waals surface area contributed by atoms with E-state index in [0.29, 0.717) is 23.6 Å². The van der Waals surface area contributed by atoms with Crippen molar-refractivity contribution in [1.29, 1.82) is 0 Å². The number of halogens is 1. The normalized spacial score (nSPS) is 13.1. The number of amides is 3. The van der Waals surface area contributed by atoms with Gasteiger partial charge in [0.2, 0.25) is 5.91 Å². The SMILES string of the molecule is CC(C)C[C@H](NC(=O)Nc1cccc(Cl)c1)C(=O)N[C@H](CC(C)C)C(=O)O. The summed E-state index contributed by atoms with van der Waals surface area (Å²) >= 11 is 5.89. The van der Waals surface area contributed by atoms with Crippen LogP contribution in [0.4, 0.5) is 10.5 Å². The molecule has 0 bridgehead atoms. The molecule has 8 heteroatoms. The van der Waals surface area contributed by atoms with Gasteiger partial charge >= 0.3 is 12.0 Å². The second kappa shape index (κ2) is 10.8. The zero-order valence-corrected chi connectivity index (χ0v) is 16.8. The van der Waals surface area contributed by atoms with E-state index in [1.165, 1.54) is 0 Å². The number of nitrogens with one attached hydrogen (secondary N) is 3. The molecule has 0 aliphatic rings. The van der Waals surface area contributed by atoms with Crippen LogP contribution in [0.25, 0.3) is 0 Å². The molecule has 1 aromatic rings. The van der Waals surface area contributed by atoms with Gasteiger partial charge in [-0.2, -0.15) is 0 Å². The molecule has 0 saturated carbocycles. The minimum Gasteiger partial charge on any atom is -0.480 e. The van der Waals surface area contributed by atoms with Crippen molar-refractivity contribution in [3.05, 3.63) is 29.3 Å². The third-order valence-corrected chi connectivity index (χ3v) is 3.97. The van der Waals surface area contributed by atoms with Crippen molar-refractivity contribution >= 4 is 35.2 Å². The highest BCUT2D eigenvalue weighted by Crippen LogP contribution is 2.15. The molecular weight excluding hydrogens is 370 g/mol. The Morgan fingerprint density at radius 2 is 1.59 bits per heavy atom. The number of rotatable bonds is 9. The maximum Gasteiger partial charge on any atom is 0.326 e. The van der Waals surface area contributed by atoms with E-state index in [0.717, 1.165) is 0 Å². The quantitative estimate of drug-likeness (QED) is 0.511. The minimum atomic E-state index is -1.09. The fourth-order valence-corrected chi connectivity index (χ4v) is 2.75. The summed E-state index contributed by atoms with van der Waals surface area (Å²) in [5.74, 6) is -1.38. The van der Waals surface area contributed by atoms with E-state index < -0.39 is 30.0 Å². The van der Waals surface area contributed by atoms with Gasteiger partial charge in [0.1, 0.15) is 12.1 Å². The number of carbonyl (C=O) groups excluding carboxylic acids is 2. The predicted molar refractivity (Wildman–Crippen MR) is 106 cm³/mol. The predicted octanol–water partition coefficient (Wildman–Crippen LogP) is 3.49. The highest BCUT2D eigenvalue weighted by molar-refractivity contribution is 6.30. The first-order chi connectivity index (χ1) is 12.6. The molecule has 27 heavy (non-hydrogen) atoms. The van der Waals surface area contributed by atoms with Crippen LogP contribution >= 0.6 is 11.6 Å². The molecule has 3 amide bonds. The second-order valence-electron chi connectivity index (χ2n) is 7.32. The van der Waals surface area contributed by atoms with Gasteiger partial charge in [0, 0.05) is 10.7 Å². The van der Waals surface area contributed by atoms with Gasteiger partial charge in [0.05, 0.1) is 0 Å². The zero-order valence-electron chi connectivity index (χ0n) is 16.1. The lowest BCUT2D eigenvalue weighted by Crippen LogP contribution is -2.53. The molecule has 0 fully saturated rings. The molecule has 0 heterocycles. The number of hydrogen-bond donors (Lipinski definition) is 4. The zero-order chi connectivity index (χ0) is 20.6. The standard InChI is InChI=1S/C19H28ClN3O4/c1-11(2)8-15(17(24)22-16(18(25)26)9-12(3)4)23-19(27)21-14-7-5-6-13(20)10-14/h5-7,10-12,15-16H,8-9H2,1-4H3,(H,22,24)(H,25,26)(H2,21,23,27)/t15-,16+/m0/s1. The maximum atomic E-state index is 12.6. The lowest BCUT2D eigenvalue weighted by atomic mass is 10.0. The molecule has 1 aromatic carbocycles. The van der Waals surface area contributed by atoms with Crippen LogP contribution in [0, 0.1) is 11.8 Å². The molecule has 1 rings (SSSR count). The van der Waals surface area contributed by atoms with Crippen molar-refractivity contribution in [2.45, 2.75) is 52.6 Å². The summed E-state index contributed by atoms with van der Waals surface area (Å²) in [4.78, 5) is 36.2. The summed E-state index contributed by atoms with van der Waals surface area (Å²) in [5, 5.41) is 17.5. The Morgan fingerprint density at radius 1 is 1.00 bits per heavy atom. The van der Waals surface area contributed by atoms with Crippen molar-refractivity contribution in [2.24, 2.45) is 11.8 Å². The number of anilines is 1. The monoisotopic (exact) mass is 397 g/mol. The number of urea groups is 1. The molecule has 0 aromatic heterocycles. The first-order valence-electron chi connectivity index (χ1n) is 8.94. The number of benzene rings is 1. The second-order valence-corrected chi connectivity index (χ2v) is 7.76. The average molecular weight is 398 g/mol. The van der Waals surface area contributed by atoms with E-state index in [4.69, 9.17) is 11.6 Å². The Morgan fingerprint density at radius 3 is 2.11 bits per heavy atom. The largest absolute Gasteiger partial charge is 0.480 e. The van der Waals surface area contributed by atoms with Crippen molar-refractivity contribution in [3.63, 3.8) is 0 Å². The Balaban J connectivity index is 2.79. The molecule has 4 N–H and O–H groups in total. The van der Waals surface area contributed by atoms with Gasteiger partial charge in [-0.05, 0) is 42.9 Å². The van der Waals surface area contributed by atoms with E-state index in [1.807, 2.05) is 27.7 Å². The maximum absolute atomic E-state index is 12.6.